The van der Waals surface area contributed by atoms with Crippen LogP contribution in [0.3, 0.4) is 0 Å². The number of aromatic hydroxyl groups is 1. The first-order chi connectivity index (χ1) is 17.1. The van der Waals surface area contributed by atoms with Crippen molar-refractivity contribution < 1.29 is 29.0 Å². The van der Waals surface area contributed by atoms with E-state index >= 15 is 0 Å². The molecule has 1 saturated heterocycles. The maximum Gasteiger partial charge on any atom is 0.339 e. The number of thiocarbonyl (C=S) groups is 1. The molecule has 2 amide bonds. The molecule has 2 aromatic carbocycles. The fourth-order valence-electron chi connectivity index (χ4n) is 3.31. The largest absolute Gasteiger partial charge is 0.507 e. The van der Waals surface area contributed by atoms with Crippen molar-refractivity contribution in [2.45, 2.75) is 6.42 Å². The van der Waals surface area contributed by atoms with Gasteiger partial charge in [-0.3, -0.25) is 14.5 Å². The number of nitrogens with one attached hydrogen (secondary N) is 1. The molecule has 3 N–H and O–H groups in total. The van der Waals surface area contributed by atoms with Crippen LogP contribution in [0.4, 0.5) is 5.69 Å². The Morgan fingerprint density at radius 1 is 1.14 bits per heavy atom. The van der Waals surface area contributed by atoms with Crippen LogP contribution < -0.4 is 5.32 Å². The summed E-state index contributed by atoms with van der Waals surface area (Å²) < 4.78 is 6.11. The molecule has 8 nitrogen and oxygen atoms in total. The third kappa shape index (κ3) is 5.73. The minimum atomic E-state index is -1.29. The lowest BCUT2D eigenvalue weighted by molar-refractivity contribution is -0.122. The van der Waals surface area contributed by atoms with Crippen molar-refractivity contribution in [1.82, 2.24) is 4.90 Å². The summed E-state index contributed by atoms with van der Waals surface area (Å²) in [4.78, 5) is 37.8. The van der Waals surface area contributed by atoms with Crippen LogP contribution >= 0.6 is 47.2 Å². The van der Waals surface area contributed by atoms with E-state index in [9.17, 15) is 19.5 Å². The van der Waals surface area contributed by atoms with E-state index in [4.69, 9.17) is 44.9 Å². The second kappa shape index (κ2) is 10.8. The van der Waals surface area contributed by atoms with E-state index in [1.807, 2.05) is 0 Å². The van der Waals surface area contributed by atoms with Gasteiger partial charge in [0, 0.05) is 41.4 Å². The maximum atomic E-state index is 12.9. The highest BCUT2D eigenvalue weighted by atomic mass is 35.5. The molecule has 0 saturated carbocycles. The number of carboxylic acid groups (broad SMARTS) is 1. The van der Waals surface area contributed by atoms with Gasteiger partial charge >= 0.3 is 5.97 Å². The summed E-state index contributed by atoms with van der Waals surface area (Å²) in [7, 11) is 0. The number of amides is 2. The van der Waals surface area contributed by atoms with Gasteiger partial charge in [0.2, 0.25) is 5.91 Å². The lowest BCUT2D eigenvalue weighted by Crippen LogP contribution is -2.31. The summed E-state index contributed by atoms with van der Waals surface area (Å²) in [5, 5.41) is 22.2. The highest BCUT2D eigenvalue weighted by Crippen LogP contribution is 2.35. The Morgan fingerprint density at radius 2 is 1.92 bits per heavy atom. The number of rotatable bonds is 7. The van der Waals surface area contributed by atoms with Crippen LogP contribution in [0.1, 0.15) is 22.5 Å². The zero-order valence-corrected chi connectivity index (χ0v) is 21.3. The van der Waals surface area contributed by atoms with Crippen LogP contribution in [0.5, 0.6) is 5.75 Å². The molecule has 4 rings (SSSR count). The first-order valence-electron chi connectivity index (χ1n) is 10.3. The molecule has 12 heteroatoms. The Balaban J connectivity index is 1.39. The van der Waals surface area contributed by atoms with Crippen LogP contribution in [0.25, 0.3) is 17.4 Å². The number of carbonyl (C=O) groups is 3. The number of halogens is 2. The molecular formula is C24H16Cl2N2O6S2. The Morgan fingerprint density at radius 3 is 2.64 bits per heavy atom. The summed E-state index contributed by atoms with van der Waals surface area (Å²) >= 11 is 18.7. The standard InChI is InChI=1S/C24H16Cl2N2O6S2/c25-12-1-5-17(26)16(9-12)19-6-3-14(34-19)11-20-22(31)28(24(35)36-20)8-7-21(30)27-13-2-4-15(23(32)33)18(29)10-13/h1-6,9-11,29H,7-8H2,(H,27,30)(H,32,33). The molecule has 1 fully saturated rings. The molecule has 1 aromatic heterocycles. The number of benzene rings is 2. The summed E-state index contributed by atoms with van der Waals surface area (Å²) in [6.07, 6.45) is 1.49. The number of thioether (sulfide) groups is 1. The maximum absolute atomic E-state index is 12.9. The van der Waals surface area contributed by atoms with Gasteiger partial charge in [-0.15, -0.1) is 0 Å². The molecule has 0 atom stereocenters. The molecular weight excluding hydrogens is 547 g/mol. The predicted molar refractivity (Wildman–Crippen MR) is 142 cm³/mol. The summed E-state index contributed by atoms with van der Waals surface area (Å²) in [5.74, 6) is -1.65. The second-order valence-electron chi connectivity index (χ2n) is 7.49. The lowest BCUT2D eigenvalue weighted by atomic mass is 10.2. The minimum absolute atomic E-state index is 0.0363. The van der Waals surface area contributed by atoms with Crippen LogP contribution in [0.15, 0.2) is 57.9 Å². The molecule has 1 aliphatic heterocycles. The van der Waals surface area contributed by atoms with Gasteiger partial charge in [0.25, 0.3) is 5.91 Å². The first-order valence-corrected chi connectivity index (χ1v) is 12.3. The molecule has 2 heterocycles. The van der Waals surface area contributed by atoms with Crippen LogP contribution in [0.2, 0.25) is 10.0 Å². The highest BCUT2D eigenvalue weighted by molar-refractivity contribution is 8.26. The molecule has 3 aromatic rings. The van der Waals surface area contributed by atoms with Gasteiger partial charge in [-0.25, -0.2) is 4.79 Å². The van der Waals surface area contributed by atoms with E-state index in [-0.39, 0.29) is 30.1 Å². The average Bonchev–Trinajstić information content (AvgIpc) is 3.38. The van der Waals surface area contributed by atoms with Gasteiger partial charge in [0.15, 0.2) is 0 Å². The topological polar surface area (TPSA) is 120 Å². The molecule has 36 heavy (non-hydrogen) atoms. The predicted octanol–water partition coefficient (Wildman–Crippen LogP) is 5.89. The molecule has 0 unspecified atom stereocenters. The fraction of sp³-hybridized carbons (Fsp3) is 0.0833. The van der Waals surface area contributed by atoms with Crippen molar-refractivity contribution in [3.8, 4) is 17.1 Å². The minimum Gasteiger partial charge on any atom is -0.507 e. The Hall–Kier alpha value is -3.31. The molecule has 1 aliphatic rings. The molecule has 0 aliphatic carbocycles. The van der Waals surface area contributed by atoms with Crippen molar-refractivity contribution >= 4 is 81.0 Å². The number of carboxylic acids is 1. The molecule has 0 spiro atoms. The number of carbonyl (C=O) groups excluding carboxylic acids is 2. The van der Waals surface area contributed by atoms with Crippen molar-refractivity contribution in [3.05, 3.63) is 74.8 Å². The van der Waals surface area contributed by atoms with E-state index in [0.717, 1.165) is 17.8 Å². The fourth-order valence-corrected chi connectivity index (χ4v) is 4.98. The Kier molecular flexibility index (Phi) is 7.70. The van der Waals surface area contributed by atoms with Crippen molar-refractivity contribution in [2.75, 3.05) is 11.9 Å². The third-order valence-electron chi connectivity index (χ3n) is 5.04. The van der Waals surface area contributed by atoms with Gasteiger partial charge in [0.05, 0.1) is 9.93 Å². The lowest BCUT2D eigenvalue weighted by Gasteiger charge is -2.14. The summed E-state index contributed by atoms with van der Waals surface area (Å²) in [6.45, 7) is 0.0363. The quantitative estimate of drug-likeness (QED) is 0.241. The number of hydrogen-bond acceptors (Lipinski definition) is 7. The van der Waals surface area contributed by atoms with Gasteiger partial charge in [-0.2, -0.15) is 0 Å². The zero-order chi connectivity index (χ0) is 26.0. The summed E-state index contributed by atoms with van der Waals surface area (Å²) in [5.41, 5.74) is 0.561. The van der Waals surface area contributed by atoms with Crippen LogP contribution in [0, 0.1) is 0 Å². The monoisotopic (exact) mass is 562 g/mol. The Labute approximate surface area is 224 Å². The number of furan rings is 1. The van der Waals surface area contributed by atoms with Crippen molar-refractivity contribution in [3.63, 3.8) is 0 Å². The van der Waals surface area contributed by atoms with Crippen LogP contribution in [-0.2, 0) is 9.59 Å². The number of phenols is 1. The van der Waals surface area contributed by atoms with E-state index in [1.165, 1.54) is 17.0 Å². The SMILES string of the molecule is O=C(CCN1C(=O)C(=Cc2ccc(-c3cc(Cl)ccc3Cl)o2)SC1=S)Nc1ccc(C(=O)O)c(O)c1. The molecule has 0 radical (unpaired) electrons. The number of aromatic carboxylic acids is 1. The average molecular weight is 563 g/mol. The Bertz CT molecular complexity index is 1440. The van der Waals surface area contributed by atoms with Gasteiger partial charge in [0.1, 0.15) is 27.2 Å². The van der Waals surface area contributed by atoms with Crippen molar-refractivity contribution in [2.24, 2.45) is 0 Å². The summed E-state index contributed by atoms with van der Waals surface area (Å²) in [6, 6.07) is 12.1. The smallest absolute Gasteiger partial charge is 0.339 e. The first kappa shape index (κ1) is 25.8. The number of anilines is 1. The third-order valence-corrected chi connectivity index (χ3v) is 6.98. The van der Waals surface area contributed by atoms with E-state index in [2.05, 4.69) is 5.32 Å². The van der Waals surface area contributed by atoms with Gasteiger partial charge in [-0.1, -0.05) is 47.2 Å². The zero-order valence-electron chi connectivity index (χ0n) is 18.2. The number of nitrogens with zero attached hydrogens (tertiary/aromatic N) is 1. The molecule has 184 valence electrons. The normalized spacial score (nSPS) is 14.5. The van der Waals surface area contributed by atoms with E-state index < -0.39 is 17.6 Å². The van der Waals surface area contributed by atoms with Gasteiger partial charge < -0.3 is 19.9 Å². The number of hydrogen-bond donors (Lipinski definition) is 3. The van der Waals surface area contributed by atoms with Crippen molar-refractivity contribution in [1.29, 1.82) is 0 Å². The second-order valence-corrected chi connectivity index (χ2v) is 10.0. The highest BCUT2D eigenvalue weighted by Gasteiger charge is 2.32. The van der Waals surface area contributed by atoms with Crippen LogP contribution in [-0.4, -0.2) is 43.8 Å². The van der Waals surface area contributed by atoms with E-state index in [0.29, 0.717) is 36.4 Å². The molecule has 0 bridgehead atoms. The van der Waals surface area contributed by atoms with Gasteiger partial charge in [-0.05, 0) is 42.5 Å². The van der Waals surface area contributed by atoms with E-state index in [1.54, 1.807) is 36.4 Å².